The number of ether oxygens (including phenoxy) is 1. The van der Waals surface area contributed by atoms with E-state index in [4.69, 9.17) is 21.4 Å². The second-order valence-corrected chi connectivity index (χ2v) is 6.13. The molecule has 0 spiro atoms. The molecule has 0 fully saturated rings. The maximum absolute atomic E-state index is 12.3. The zero-order chi connectivity index (χ0) is 19.1. The third kappa shape index (κ3) is 5.20. The van der Waals surface area contributed by atoms with Crippen LogP contribution in [0.3, 0.4) is 0 Å². The number of aromatic nitrogens is 2. The van der Waals surface area contributed by atoms with Gasteiger partial charge in [0.25, 0.3) is 0 Å². The van der Waals surface area contributed by atoms with E-state index >= 15 is 0 Å². The highest BCUT2D eigenvalue weighted by Gasteiger charge is 2.11. The summed E-state index contributed by atoms with van der Waals surface area (Å²) in [5.74, 6) is -0.851. The van der Waals surface area contributed by atoms with Gasteiger partial charge in [0.15, 0.2) is 12.4 Å². The first-order chi connectivity index (χ1) is 12.4. The molecule has 2 rings (SSSR count). The van der Waals surface area contributed by atoms with Crippen molar-refractivity contribution < 1.29 is 19.4 Å². The minimum absolute atomic E-state index is 0.188. The van der Waals surface area contributed by atoms with Crippen LogP contribution in [-0.4, -0.2) is 33.2 Å². The van der Waals surface area contributed by atoms with E-state index in [1.165, 1.54) is 6.08 Å². The second kappa shape index (κ2) is 9.20. The number of carboxylic acid groups (broad SMARTS) is 1. The summed E-state index contributed by atoms with van der Waals surface area (Å²) in [7, 11) is 0. The van der Waals surface area contributed by atoms with E-state index in [1.54, 1.807) is 35.0 Å². The summed E-state index contributed by atoms with van der Waals surface area (Å²) in [5, 5.41) is 13.5. The van der Waals surface area contributed by atoms with Crippen molar-refractivity contribution in [3.8, 4) is 5.75 Å². The maximum atomic E-state index is 12.3. The maximum Gasteiger partial charge on any atom is 0.341 e. The number of carbonyl (C=O) groups is 2. The van der Waals surface area contributed by atoms with Gasteiger partial charge in [-0.05, 0) is 49.8 Å². The molecule has 0 atom stereocenters. The Morgan fingerprint density at radius 3 is 2.62 bits per heavy atom. The predicted octanol–water partition coefficient (Wildman–Crippen LogP) is 4.00. The smallest absolute Gasteiger partial charge is 0.341 e. The van der Waals surface area contributed by atoms with Gasteiger partial charge in [0, 0.05) is 17.7 Å². The lowest BCUT2D eigenvalue weighted by Crippen LogP contribution is -2.09. The zero-order valence-electron chi connectivity index (χ0n) is 14.7. The Morgan fingerprint density at radius 2 is 2.00 bits per heavy atom. The number of rotatable bonds is 9. The molecular formula is C19H21ClN2O4. The normalized spacial score (nSPS) is 11.0. The topological polar surface area (TPSA) is 81.4 Å². The molecule has 6 nitrogen and oxygen atoms in total. The number of nitrogens with zero attached hydrogens (tertiary/aromatic N) is 2. The fourth-order valence-electron chi connectivity index (χ4n) is 2.33. The van der Waals surface area contributed by atoms with Crippen molar-refractivity contribution in [1.29, 1.82) is 0 Å². The third-order valence-electron chi connectivity index (χ3n) is 3.74. The molecule has 1 aromatic carbocycles. The third-order valence-corrected chi connectivity index (χ3v) is 4.13. The molecule has 0 amide bonds. The summed E-state index contributed by atoms with van der Waals surface area (Å²) < 4.78 is 6.79. The lowest BCUT2D eigenvalue weighted by molar-refractivity contribution is -0.139. The average molecular weight is 377 g/mol. The van der Waals surface area contributed by atoms with Crippen molar-refractivity contribution in [3.63, 3.8) is 0 Å². The summed E-state index contributed by atoms with van der Waals surface area (Å²) in [4.78, 5) is 22.8. The van der Waals surface area contributed by atoms with E-state index in [9.17, 15) is 9.59 Å². The monoisotopic (exact) mass is 376 g/mol. The van der Waals surface area contributed by atoms with E-state index in [-0.39, 0.29) is 5.78 Å². The zero-order valence-corrected chi connectivity index (χ0v) is 15.5. The van der Waals surface area contributed by atoms with Crippen molar-refractivity contribution in [1.82, 2.24) is 9.78 Å². The van der Waals surface area contributed by atoms with Crippen molar-refractivity contribution in [2.45, 2.75) is 33.2 Å². The Balaban J connectivity index is 2.07. The van der Waals surface area contributed by atoms with Gasteiger partial charge in [-0.25, -0.2) is 4.79 Å². The molecule has 2 aromatic rings. The van der Waals surface area contributed by atoms with Gasteiger partial charge >= 0.3 is 5.97 Å². The van der Waals surface area contributed by atoms with Crippen LogP contribution in [0, 0.1) is 6.92 Å². The fraction of sp³-hybridized carbons (Fsp3) is 0.316. The lowest BCUT2D eigenvalue weighted by atomic mass is 10.1. The summed E-state index contributed by atoms with van der Waals surface area (Å²) in [6, 6.07) is 6.29. The lowest BCUT2D eigenvalue weighted by Gasteiger charge is -2.03. The van der Waals surface area contributed by atoms with Gasteiger partial charge in [0.05, 0.1) is 5.69 Å². The molecule has 0 aliphatic heterocycles. The number of carboxylic acids is 1. The van der Waals surface area contributed by atoms with Crippen molar-refractivity contribution in [3.05, 3.63) is 52.3 Å². The number of aliphatic carboxylic acids is 1. The molecule has 1 aromatic heterocycles. The quantitative estimate of drug-likeness (QED) is 0.528. The van der Waals surface area contributed by atoms with Crippen LogP contribution in [0.4, 0.5) is 0 Å². The van der Waals surface area contributed by atoms with Gasteiger partial charge in [0.2, 0.25) is 0 Å². The van der Waals surface area contributed by atoms with Crippen LogP contribution in [-0.2, 0) is 11.3 Å². The first-order valence-corrected chi connectivity index (χ1v) is 8.70. The summed E-state index contributed by atoms with van der Waals surface area (Å²) >= 11 is 6.35. The Kier molecular flexibility index (Phi) is 6.97. The summed E-state index contributed by atoms with van der Waals surface area (Å²) in [6.45, 7) is 4.28. The van der Waals surface area contributed by atoms with Gasteiger partial charge in [-0.2, -0.15) is 5.10 Å². The van der Waals surface area contributed by atoms with Crippen LogP contribution < -0.4 is 4.74 Å². The minimum Gasteiger partial charge on any atom is -0.482 e. The highest BCUT2D eigenvalue weighted by Crippen LogP contribution is 2.22. The molecule has 1 N–H and O–H groups in total. The number of carbonyl (C=O) groups excluding carboxylic acids is 1. The van der Waals surface area contributed by atoms with Crippen LogP contribution in [0.15, 0.2) is 30.3 Å². The van der Waals surface area contributed by atoms with Crippen LogP contribution >= 0.6 is 11.6 Å². The predicted molar refractivity (Wildman–Crippen MR) is 99.8 cm³/mol. The van der Waals surface area contributed by atoms with E-state index in [1.807, 2.05) is 6.92 Å². The molecule has 0 aliphatic carbocycles. The molecule has 0 radical (unpaired) electrons. The molecule has 138 valence electrons. The Morgan fingerprint density at radius 1 is 1.31 bits per heavy atom. The van der Waals surface area contributed by atoms with Crippen LogP contribution in [0.2, 0.25) is 5.15 Å². The van der Waals surface area contributed by atoms with Crippen molar-refractivity contribution in [2.24, 2.45) is 0 Å². The van der Waals surface area contributed by atoms with Gasteiger partial charge in [-0.15, -0.1) is 0 Å². The highest BCUT2D eigenvalue weighted by molar-refractivity contribution is 6.31. The van der Waals surface area contributed by atoms with Crippen molar-refractivity contribution >= 4 is 29.4 Å². The SMILES string of the molecule is CCCCn1nc(C)c(/C=C/C(=O)c2ccc(OCC(=O)O)cc2)c1Cl. The molecular weight excluding hydrogens is 356 g/mol. The number of halogens is 1. The van der Waals surface area contributed by atoms with Crippen molar-refractivity contribution in [2.75, 3.05) is 6.61 Å². The number of ketones is 1. The largest absolute Gasteiger partial charge is 0.482 e. The Labute approximate surface area is 157 Å². The van der Waals surface area contributed by atoms with E-state index in [0.29, 0.717) is 16.5 Å². The number of aryl methyl sites for hydroxylation is 2. The number of hydrogen-bond donors (Lipinski definition) is 1. The molecule has 0 unspecified atom stereocenters. The number of benzene rings is 1. The Hall–Kier alpha value is -2.60. The molecule has 0 aliphatic rings. The molecule has 7 heteroatoms. The summed E-state index contributed by atoms with van der Waals surface area (Å²) in [6.07, 6.45) is 5.15. The molecule has 0 saturated heterocycles. The summed E-state index contributed by atoms with van der Waals surface area (Å²) in [5.41, 5.74) is 1.97. The first-order valence-electron chi connectivity index (χ1n) is 8.32. The molecule has 26 heavy (non-hydrogen) atoms. The van der Waals surface area contributed by atoms with Crippen LogP contribution in [0.5, 0.6) is 5.75 Å². The minimum atomic E-state index is -1.06. The molecule has 1 heterocycles. The fourth-order valence-corrected chi connectivity index (χ4v) is 2.65. The number of unbranched alkanes of at least 4 members (excludes halogenated alkanes) is 1. The van der Waals surface area contributed by atoms with E-state index in [0.717, 1.165) is 30.6 Å². The van der Waals surface area contributed by atoms with Crippen LogP contribution in [0.1, 0.15) is 41.4 Å². The number of allylic oxidation sites excluding steroid dienone is 1. The second-order valence-electron chi connectivity index (χ2n) is 5.77. The standard InChI is InChI=1S/C19H21ClN2O4/c1-3-4-11-22-19(20)16(13(2)21-22)9-10-17(23)14-5-7-15(8-6-14)26-12-18(24)25/h5-10H,3-4,11-12H2,1-2H3,(H,24,25)/b10-9+. The number of hydrogen-bond acceptors (Lipinski definition) is 4. The molecule has 0 saturated carbocycles. The van der Waals surface area contributed by atoms with E-state index in [2.05, 4.69) is 12.0 Å². The average Bonchev–Trinajstić information content (AvgIpc) is 2.89. The van der Waals surface area contributed by atoms with Crippen LogP contribution in [0.25, 0.3) is 6.08 Å². The van der Waals surface area contributed by atoms with Gasteiger partial charge in [-0.1, -0.05) is 24.9 Å². The first kappa shape index (κ1) is 19.7. The highest BCUT2D eigenvalue weighted by atomic mass is 35.5. The van der Waals surface area contributed by atoms with Gasteiger partial charge < -0.3 is 9.84 Å². The van der Waals surface area contributed by atoms with Gasteiger partial charge in [0.1, 0.15) is 10.9 Å². The van der Waals surface area contributed by atoms with E-state index < -0.39 is 12.6 Å². The molecule has 0 bridgehead atoms. The van der Waals surface area contributed by atoms with Gasteiger partial charge in [-0.3, -0.25) is 9.48 Å². The Bertz CT molecular complexity index is 810.